The lowest BCUT2D eigenvalue weighted by atomic mass is 10.1. The molecule has 1 aromatic carbocycles. The van der Waals surface area contributed by atoms with E-state index in [1.807, 2.05) is 30.3 Å². The largest absolute Gasteiger partial charge is 0.368 e. The predicted molar refractivity (Wildman–Crippen MR) is 71.6 cm³/mol. The van der Waals surface area contributed by atoms with Crippen molar-refractivity contribution in [2.45, 2.75) is 30.7 Å². The highest BCUT2D eigenvalue weighted by Gasteiger charge is 2.22. The first-order valence-electron chi connectivity index (χ1n) is 6.35. The number of alkyl halides is 1. The van der Waals surface area contributed by atoms with Crippen LogP contribution in [0.5, 0.6) is 0 Å². The molecule has 2 unspecified atom stereocenters. The maximum Gasteiger partial charge on any atom is 0.249 e. The Hall–Kier alpha value is -1.06. The van der Waals surface area contributed by atoms with Gasteiger partial charge in [-0.1, -0.05) is 30.3 Å². The zero-order valence-electron chi connectivity index (χ0n) is 10.3. The molecule has 18 heavy (non-hydrogen) atoms. The van der Waals surface area contributed by atoms with E-state index in [0.717, 1.165) is 24.8 Å². The van der Waals surface area contributed by atoms with Crippen LogP contribution < -0.4 is 5.32 Å². The average Bonchev–Trinajstić information content (AvgIpc) is 2.46. The highest BCUT2D eigenvalue weighted by atomic mass is 35.5. The molecule has 0 bridgehead atoms. The Morgan fingerprint density at radius 2 is 2.17 bits per heavy atom. The van der Waals surface area contributed by atoms with Crippen molar-refractivity contribution < 1.29 is 9.53 Å². The molecule has 2 rings (SSSR count). The molecule has 4 heteroatoms. The normalized spacial score (nSPS) is 21.3. The number of nitrogens with one attached hydrogen (secondary N) is 1. The zero-order chi connectivity index (χ0) is 12.8. The van der Waals surface area contributed by atoms with E-state index in [9.17, 15) is 4.79 Å². The van der Waals surface area contributed by atoms with Gasteiger partial charge in [0.2, 0.25) is 5.91 Å². The van der Waals surface area contributed by atoms with Crippen molar-refractivity contribution in [2.24, 2.45) is 0 Å². The van der Waals surface area contributed by atoms with Gasteiger partial charge in [-0.05, 0) is 24.8 Å². The van der Waals surface area contributed by atoms with Crippen LogP contribution in [0.15, 0.2) is 30.3 Å². The van der Waals surface area contributed by atoms with Crippen LogP contribution in [0, 0.1) is 0 Å². The molecule has 0 spiro atoms. The summed E-state index contributed by atoms with van der Waals surface area (Å²) in [6, 6.07) is 9.75. The number of ether oxygens (including phenoxy) is 1. The van der Waals surface area contributed by atoms with Gasteiger partial charge in [0.15, 0.2) is 0 Å². The summed E-state index contributed by atoms with van der Waals surface area (Å²) in [6.45, 7) is 1.12. The summed E-state index contributed by atoms with van der Waals surface area (Å²) in [6.07, 6.45) is 2.62. The molecule has 1 aliphatic rings. The molecule has 98 valence electrons. The molecule has 3 nitrogen and oxygen atoms in total. The number of amides is 1. The number of halogens is 1. The monoisotopic (exact) mass is 267 g/mol. The molecule has 1 N–H and O–H groups in total. The van der Waals surface area contributed by atoms with Crippen LogP contribution in [0.1, 0.15) is 30.2 Å². The van der Waals surface area contributed by atoms with Gasteiger partial charge >= 0.3 is 0 Å². The molecular weight excluding hydrogens is 250 g/mol. The number of carbonyl (C=O) groups excluding carboxylic acids is 1. The molecule has 1 aromatic rings. The predicted octanol–water partition coefficient (Wildman–Crippen LogP) is 2.65. The molecular formula is C14H18ClNO2. The van der Waals surface area contributed by atoms with Gasteiger partial charge in [0.25, 0.3) is 0 Å². The topological polar surface area (TPSA) is 38.3 Å². The van der Waals surface area contributed by atoms with Crippen molar-refractivity contribution >= 4 is 17.5 Å². The summed E-state index contributed by atoms with van der Waals surface area (Å²) in [5.41, 5.74) is 1.02. The van der Waals surface area contributed by atoms with Gasteiger partial charge in [-0.15, -0.1) is 11.6 Å². The maximum atomic E-state index is 11.8. The van der Waals surface area contributed by atoms with E-state index < -0.39 is 0 Å². The lowest BCUT2D eigenvalue weighted by Gasteiger charge is -2.22. The summed E-state index contributed by atoms with van der Waals surface area (Å²) in [7, 11) is 0. The highest BCUT2D eigenvalue weighted by molar-refractivity contribution is 6.21. The Kier molecular flexibility index (Phi) is 5.02. The van der Waals surface area contributed by atoms with Crippen LogP contribution in [-0.2, 0) is 9.53 Å². The fraction of sp³-hybridized carbons (Fsp3) is 0.500. The molecule has 1 saturated heterocycles. The van der Waals surface area contributed by atoms with Crippen molar-refractivity contribution in [1.29, 1.82) is 0 Å². The van der Waals surface area contributed by atoms with Crippen LogP contribution in [0.4, 0.5) is 0 Å². The molecule has 1 aliphatic heterocycles. The number of hydrogen-bond acceptors (Lipinski definition) is 2. The quantitative estimate of drug-likeness (QED) is 0.852. The molecule has 0 radical (unpaired) electrons. The van der Waals surface area contributed by atoms with E-state index in [0.29, 0.717) is 13.2 Å². The van der Waals surface area contributed by atoms with Gasteiger partial charge in [0.05, 0.1) is 5.38 Å². The Morgan fingerprint density at radius 3 is 2.83 bits per heavy atom. The van der Waals surface area contributed by atoms with E-state index in [1.165, 1.54) is 0 Å². The van der Waals surface area contributed by atoms with Gasteiger partial charge in [0.1, 0.15) is 6.10 Å². The summed E-state index contributed by atoms with van der Waals surface area (Å²) in [4.78, 5) is 11.8. The molecule has 1 heterocycles. The third-order valence-corrected chi connectivity index (χ3v) is 3.50. The summed E-state index contributed by atoms with van der Waals surface area (Å²) < 4.78 is 5.42. The van der Waals surface area contributed by atoms with Crippen LogP contribution in [0.3, 0.4) is 0 Å². The van der Waals surface area contributed by atoms with Crippen LogP contribution in [-0.4, -0.2) is 25.2 Å². The van der Waals surface area contributed by atoms with Crippen LogP contribution in [0.25, 0.3) is 0 Å². The van der Waals surface area contributed by atoms with E-state index in [4.69, 9.17) is 16.3 Å². The van der Waals surface area contributed by atoms with Crippen LogP contribution >= 0.6 is 11.6 Å². The lowest BCUT2D eigenvalue weighted by Crippen LogP contribution is -2.39. The van der Waals surface area contributed by atoms with Crippen LogP contribution in [0.2, 0.25) is 0 Å². The summed E-state index contributed by atoms with van der Waals surface area (Å²) >= 11 is 6.23. The zero-order valence-corrected chi connectivity index (χ0v) is 11.0. The SMILES string of the molecule is O=C(NCC(Cl)c1ccccc1)C1CCCCO1. The summed E-state index contributed by atoms with van der Waals surface area (Å²) in [5.74, 6) is -0.0451. The summed E-state index contributed by atoms with van der Waals surface area (Å²) in [5, 5.41) is 2.66. The molecule has 1 fully saturated rings. The van der Waals surface area contributed by atoms with Gasteiger partial charge in [0, 0.05) is 13.2 Å². The minimum absolute atomic E-state index is 0.0451. The minimum Gasteiger partial charge on any atom is -0.368 e. The van der Waals surface area contributed by atoms with Crippen molar-refractivity contribution in [3.8, 4) is 0 Å². The fourth-order valence-electron chi connectivity index (χ4n) is 2.03. The fourth-order valence-corrected chi connectivity index (χ4v) is 2.25. The van der Waals surface area contributed by atoms with E-state index in [1.54, 1.807) is 0 Å². The van der Waals surface area contributed by atoms with Gasteiger partial charge < -0.3 is 10.1 Å². The third kappa shape index (κ3) is 3.72. The second-order valence-corrected chi connectivity index (χ2v) is 5.01. The minimum atomic E-state index is -0.293. The second-order valence-electron chi connectivity index (χ2n) is 4.48. The number of benzene rings is 1. The third-order valence-electron chi connectivity index (χ3n) is 3.09. The second kappa shape index (κ2) is 6.76. The number of carbonyl (C=O) groups is 1. The van der Waals surface area contributed by atoms with Crippen molar-refractivity contribution in [2.75, 3.05) is 13.2 Å². The van der Waals surface area contributed by atoms with E-state index in [2.05, 4.69) is 5.32 Å². The molecule has 2 atom stereocenters. The van der Waals surface area contributed by atoms with Crippen molar-refractivity contribution in [3.05, 3.63) is 35.9 Å². The average molecular weight is 268 g/mol. The Bertz CT molecular complexity index is 377. The Balaban J connectivity index is 1.78. The first-order valence-corrected chi connectivity index (χ1v) is 6.79. The standard InChI is InChI=1S/C14H18ClNO2/c15-12(11-6-2-1-3-7-11)10-16-14(17)13-8-4-5-9-18-13/h1-3,6-7,12-13H,4-5,8-10H2,(H,16,17). The van der Waals surface area contributed by atoms with E-state index in [-0.39, 0.29) is 17.4 Å². The first-order chi connectivity index (χ1) is 8.77. The number of rotatable bonds is 4. The molecule has 1 amide bonds. The van der Waals surface area contributed by atoms with Gasteiger partial charge in [-0.2, -0.15) is 0 Å². The Morgan fingerprint density at radius 1 is 1.39 bits per heavy atom. The lowest BCUT2D eigenvalue weighted by molar-refractivity contribution is -0.135. The number of hydrogen-bond donors (Lipinski definition) is 1. The highest BCUT2D eigenvalue weighted by Crippen LogP contribution is 2.19. The molecule has 0 aromatic heterocycles. The van der Waals surface area contributed by atoms with Gasteiger partial charge in [-0.3, -0.25) is 4.79 Å². The molecule has 0 aliphatic carbocycles. The smallest absolute Gasteiger partial charge is 0.249 e. The Labute approximate surface area is 112 Å². The maximum absolute atomic E-state index is 11.8. The van der Waals surface area contributed by atoms with E-state index >= 15 is 0 Å². The van der Waals surface area contributed by atoms with Gasteiger partial charge in [-0.25, -0.2) is 0 Å². The van der Waals surface area contributed by atoms with Crippen molar-refractivity contribution in [1.82, 2.24) is 5.32 Å². The first kappa shape index (κ1) is 13.4. The van der Waals surface area contributed by atoms with Crippen molar-refractivity contribution in [3.63, 3.8) is 0 Å². The molecule has 0 saturated carbocycles.